The molecule has 4 nitrogen and oxygen atoms in total. The van der Waals surface area contributed by atoms with E-state index < -0.39 is 23.7 Å². The van der Waals surface area contributed by atoms with Gasteiger partial charge in [0.2, 0.25) is 0 Å². The zero-order valence-electron chi connectivity index (χ0n) is 9.45. The number of thiol groups is 2. The maximum atomic E-state index is 9.95. The van der Waals surface area contributed by atoms with Gasteiger partial charge in [0.05, 0.1) is 18.3 Å². The molecule has 0 bridgehead atoms. The van der Waals surface area contributed by atoms with E-state index in [4.69, 9.17) is 5.11 Å². The lowest BCUT2D eigenvalue weighted by molar-refractivity contribution is -0.124. The minimum absolute atomic E-state index is 0.0486. The van der Waals surface area contributed by atoms with Gasteiger partial charge in [-0.25, -0.2) is 0 Å². The van der Waals surface area contributed by atoms with Crippen molar-refractivity contribution in [2.75, 3.05) is 18.1 Å². The Kier molecular flexibility index (Phi) is 8.05. The van der Waals surface area contributed by atoms with Crippen molar-refractivity contribution >= 4 is 25.3 Å². The van der Waals surface area contributed by atoms with E-state index in [1.54, 1.807) is 0 Å². The van der Waals surface area contributed by atoms with Gasteiger partial charge in [-0.15, -0.1) is 0 Å². The molecule has 0 fully saturated rings. The van der Waals surface area contributed by atoms with E-state index in [0.717, 1.165) is 0 Å². The number of rotatable bonds is 8. The Morgan fingerprint density at radius 2 is 1.50 bits per heavy atom. The Morgan fingerprint density at radius 1 is 1.06 bits per heavy atom. The van der Waals surface area contributed by atoms with E-state index >= 15 is 0 Å². The van der Waals surface area contributed by atoms with Gasteiger partial charge in [-0.3, -0.25) is 0 Å². The van der Waals surface area contributed by atoms with Gasteiger partial charge < -0.3 is 20.4 Å². The van der Waals surface area contributed by atoms with Gasteiger partial charge in [-0.2, -0.15) is 25.3 Å². The molecule has 0 aliphatic carbocycles. The van der Waals surface area contributed by atoms with Crippen LogP contribution in [0.2, 0.25) is 0 Å². The summed E-state index contributed by atoms with van der Waals surface area (Å²) in [4.78, 5) is 0. The molecule has 0 aliphatic rings. The lowest BCUT2D eigenvalue weighted by atomic mass is 9.70. The van der Waals surface area contributed by atoms with Crippen LogP contribution in [0, 0.1) is 5.41 Å². The molecule has 0 rings (SSSR count). The molecule has 0 saturated heterocycles. The van der Waals surface area contributed by atoms with Crippen LogP contribution in [-0.2, 0) is 0 Å². The molecule has 98 valence electrons. The summed E-state index contributed by atoms with van der Waals surface area (Å²) < 4.78 is 0. The molecule has 0 heterocycles. The average molecular weight is 270 g/mol. The van der Waals surface area contributed by atoms with E-state index in [2.05, 4.69) is 25.3 Å². The largest absolute Gasteiger partial charge is 0.396 e. The number of hydrogen-bond acceptors (Lipinski definition) is 6. The van der Waals surface area contributed by atoms with Crippen molar-refractivity contribution < 1.29 is 20.4 Å². The molecule has 4 N–H and O–H groups in total. The van der Waals surface area contributed by atoms with E-state index in [1.807, 2.05) is 0 Å². The summed E-state index contributed by atoms with van der Waals surface area (Å²) in [5, 5.41) is 38.6. The molecule has 16 heavy (non-hydrogen) atoms. The zero-order valence-corrected chi connectivity index (χ0v) is 11.2. The lowest BCUT2D eigenvalue weighted by Crippen LogP contribution is -2.54. The highest BCUT2D eigenvalue weighted by molar-refractivity contribution is 7.80. The second-order valence-corrected chi connectivity index (χ2v) is 4.74. The van der Waals surface area contributed by atoms with E-state index in [-0.39, 0.29) is 18.1 Å². The first-order valence-corrected chi connectivity index (χ1v) is 6.60. The van der Waals surface area contributed by atoms with Crippen LogP contribution in [0.5, 0.6) is 0 Å². The molecular weight excluding hydrogens is 248 g/mol. The summed E-state index contributed by atoms with van der Waals surface area (Å²) in [5.41, 5.74) is -1.08. The highest BCUT2D eigenvalue weighted by Crippen LogP contribution is 2.37. The van der Waals surface area contributed by atoms with Gasteiger partial charge in [0.15, 0.2) is 0 Å². The van der Waals surface area contributed by atoms with Crippen molar-refractivity contribution in [1.29, 1.82) is 0 Å². The molecule has 0 aromatic rings. The number of aliphatic hydroxyl groups is 4. The topological polar surface area (TPSA) is 80.9 Å². The monoisotopic (exact) mass is 270 g/mol. The second kappa shape index (κ2) is 7.79. The Balaban J connectivity index is 5.04. The van der Waals surface area contributed by atoms with Crippen molar-refractivity contribution in [2.24, 2.45) is 5.41 Å². The fourth-order valence-corrected chi connectivity index (χ4v) is 2.73. The van der Waals surface area contributed by atoms with Gasteiger partial charge in [0.1, 0.15) is 0 Å². The van der Waals surface area contributed by atoms with Crippen LogP contribution in [0.3, 0.4) is 0 Å². The minimum atomic E-state index is -1.08. The normalized spacial score (nSPS) is 21.2. The first-order chi connectivity index (χ1) is 7.47. The molecule has 6 heteroatoms. The smallest absolute Gasteiger partial charge is 0.0734 e. The average Bonchev–Trinajstić information content (AvgIpc) is 2.28. The lowest BCUT2D eigenvalue weighted by Gasteiger charge is -2.43. The molecule has 0 saturated carbocycles. The Labute approximate surface area is 108 Å². The van der Waals surface area contributed by atoms with E-state index in [1.165, 1.54) is 6.92 Å². The highest BCUT2D eigenvalue weighted by Gasteiger charge is 2.46. The van der Waals surface area contributed by atoms with Gasteiger partial charge in [0.25, 0.3) is 0 Å². The molecule has 0 spiro atoms. The van der Waals surface area contributed by atoms with Crippen molar-refractivity contribution in [3.8, 4) is 0 Å². The van der Waals surface area contributed by atoms with Gasteiger partial charge in [0, 0.05) is 23.5 Å². The molecule has 3 unspecified atom stereocenters. The van der Waals surface area contributed by atoms with Crippen LogP contribution in [-0.4, -0.2) is 56.9 Å². The predicted molar refractivity (Wildman–Crippen MR) is 70.2 cm³/mol. The van der Waals surface area contributed by atoms with Crippen LogP contribution in [0.4, 0.5) is 0 Å². The third-order valence-corrected chi connectivity index (χ3v) is 3.82. The van der Waals surface area contributed by atoms with Gasteiger partial charge >= 0.3 is 0 Å². The van der Waals surface area contributed by atoms with Crippen LogP contribution in [0.15, 0.2) is 0 Å². The summed E-state index contributed by atoms with van der Waals surface area (Å²) >= 11 is 8.00. The van der Waals surface area contributed by atoms with Gasteiger partial charge in [-0.1, -0.05) is 0 Å². The van der Waals surface area contributed by atoms with Crippen molar-refractivity contribution in [3.05, 3.63) is 0 Å². The van der Waals surface area contributed by atoms with Gasteiger partial charge in [-0.05, 0) is 19.8 Å². The molecule has 0 aliphatic heterocycles. The maximum Gasteiger partial charge on any atom is 0.0734 e. The minimum Gasteiger partial charge on any atom is -0.396 e. The van der Waals surface area contributed by atoms with Crippen LogP contribution in [0.25, 0.3) is 0 Å². The molecule has 0 aromatic carbocycles. The predicted octanol–water partition coefficient (Wildman–Crippen LogP) is -0.293. The summed E-state index contributed by atoms with van der Waals surface area (Å²) in [5.74, 6) is 0.280. The maximum absolute atomic E-state index is 9.95. The highest BCUT2D eigenvalue weighted by atomic mass is 32.1. The summed E-state index contributed by atoms with van der Waals surface area (Å²) in [7, 11) is 0. The molecule has 3 atom stereocenters. The molecular formula is C10H22O4S2. The Hall–Kier alpha value is 0.540. The first-order valence-electron chi connectivity index (χ1n) is 5.34. The fourth-order valence-electron chi connectivity index (χ4n) is 2.05. The second-order valence-electron chi connectivity index (χ2n) is 4.01. The first kappa shape index (κ1) is 16.5. The molecule has 0 radical (unpaired) electrons. The van der Waals surface area contributed by atoms with Crippen LogP contribution < -0.4 is 0 Å². The third-order valence-electron chi connectivity index (χ3n) is 3.13. The summed E-state index contributed by atoms with van der Waals surface area (Å²) in [6, 6.07) is 0. The van der Waals surface area contributed by atoms with Crippen LogP contribution >= 0.6 is 25.3 Å². The SMILES string of the molecule is CC(O)C(CCCO)(C(O)CS)C(O)CS. The molecule has 0 amide bonds. The summed E-state index contributed by atoms with van der Waals surface area (Å²) in [6.45, 7) is 1.48. The van der Waals surface area contributed by atoms with E-state index in [9.17, 15) is 15.3 Å². The van der Waals surface area contributed by atoms with E-state index in [0.29, 0.717) is 12.8 Å². The van der Waals surface area contributed by atoms with Crippen LogP contribution in [0.1, 0.15) is 19.8 Å². The quantitative estimate of drug-likeness (QED) is 0.343. The molecule has 0 aromatic heterocycles. The number of hydrogen-bond donors (Lipinski definition) is 6. The summed E-state index contributed by atoms with van der Waals surface area (Å²) in [6.07, 6.45) is -2.05. The third kappa shape index (κ3) is 3.51. The Bertz CT molecular complexity index is 180. The van der Waals surface area contributed by atoms with Crippen molar-refractivity contribution in [3.63, 3.8) is 0 Å². The van der Waals surface area contributed by atoms with Crippen molar-refractivity contribution in [1.82, 2.24) is 0 Å². The standard InChI is InChI=1S/C10H22O4S2/c1-7(12)10(3-2-4-11,8(13)5-15)9(14)6-16/h7-9,11-16H,2-6H2,1H3. The number of aliphatic hydroxyl groups excluding tert-OH is 4. The fraction of sp³-hybridized carbons (Fsp3) is 1.00. The Morgan fingerprint density at radius 3 is 1.75 bits per heavy atom. The zero-order chi connectivity index (χ0) is 12.8. The van der Waals surface area contributed by atoms with Crippen molar-refractivity contribution in [2.45, 2.75) is 38.1 Å².